The van der Waals surface area contributed by atoms with E-state index in [1.54, 1.807) is 0 Å². The number of aliphatic hydroxyl groups excluding tert-OH is 2. The summed E-state index contributed by atoms with van der Waals surface area (Å²) < 4.78 is 24.3. The van der Waals surface area contributed by atoms with Crippen molar-refractivity contribution in [3.63, 3.8) is 0 Å². The fourth-order valence-electron chi connectivity index (χ4n) is 8.92. The van der Waals surface area contributed by atoms with Crippen LogP contribution in [0, 0.1) is 0 Å². The van der Waals surface area contributed by atoms with E-state index in [4.69, 9.17) is 18.6 Å². The van der Waals surface area contributed by atoms with Crippen LogP contribution in [-0.4, -0.2) is 79.7 Å². The number of hydrogen-bond acceptors (Lipinski definition) is 9. The average molecular weight is 980 g/mol. The number of aliphatic hydroxyl groups is 2. The number of carbonyl (C=O) groups is 3. The van der Waals surface area contributed by atoms with E-state index in [1.807, 2.05) is 6.07 Å². The smallest absolute Gasteiger partial charge is 0.306 e. The Morgan fingerprint density at radius 3 is 1.58 bits per heavy atom. The molecular formula is C58H97NO9Si. The summed E-state index contributed by atoms with van der Waals surface area (Å²) in [5, 5.41) is 25.9. The van der Waals surface area contributed by atoms with Gasteiger partial charge in [-0.25, -0.2) is 0 Å². The van der Waals surface area contributed by atoms with Gasteiger partial charge < -0.3 is 34.2 Å². The summed E-state index contributed by atoms with van der Waals surface area (Å²) in [7, 11) is -2.27. The monoisotopic (exact) mass is 980 g/mol. The Morgan fingerprint density at radius 2 is 1.09 bits per heavy atom. The van der Waals surface area contributed by atoms with Crippen LogP contribution in [0.1, 0.15) is 212 Å². The van der Waals surface area contributed by atoms with Gasteiger partial charge in [-0.15, -0.1) is 0 Å². The number of ether oxygens (including phenoxy) is 3. The van der Waals surface area contributed by atoms with Crippen molar-refractivity contribution in [2.75, 3.05) is 6.61 Å². The van der Waals surface area contributed by atoms with Crippen molar-refractivity contribution in [2.24, 2.45) is 0 Å². The number of amides is 1. The van der Waals surface area contributed by atoms with Gasteiger partial charge in [0.05, 0.1) is 13.0 Å². The van der Waals surface area contributed by atoms with Gasteiger partial charge in [0.2, 0.25) is 5.91 Å². The molecule has 10 nitrogen and oxygen atoms in total. The second-order valence-corrected chi connectivity index (χ2v) is 26.3. The molecule has 392 valence electrons. The molecule has 0 spiro atoms. The number of rotatable bonds is 38. The minimum absolute atomic E-state index is 0.000304. The largest absolute Gasteiger partial charge is 0.462 e. The molecule has 0 bridgehead atoms. The molecule has 3 N–H and O–H groups in total. The normalized spacial score (nSPS) is 19.0. The van der Waals surface area contributed by atoms with Crippen molar-refractivity contribution in [1.29, 1.82) is 0 Å². The van der Waals surface area contributed by atoms with Crippen molar-refractivity contribution < 1.29 is 43.2 Å². The Balaban J connectivity index is 1.55. The molecule has 1 unspecified atom stereocenters. The van der Waals surface area contributed by atoms with Crippen LogP contribution >= 0.6 is 0 Å². The van der Waals surface area contributed by atoms with Crippen LogP contribution in [-0.2, 0) is 45.9 Å². The lowest BCUT2D eigenvalue weighted by atomic mass is 9.96. The van der Waals surface area contributed by atoms with Crippen molar-refractivity contribution in [2.45, 2.75) is 269 Å². The SMILES string of the molecule is CCCCCCCCCCC[C@H](CC(=O)N[C@H]1C(O)O[C@H](CO[Si](C)(C)C(C)(C)C)[C@@H](O)[C@@H]1OC(=O)CCCCCCCCCc1ccccc1)OC(=O)CCCCCCCCCc1ccccc1. The molecule has 69 heavy (non-hydrogen) atoms. The molecule has 1 heterocycles. The Hall–Kier alpha value is -3.09. The standard InChI is InChI=1S/C58H97NO9Si/c1-7-8-9-10-11-12-17-22-33-42-49(66-52(61)43-34-23-18-13-15-20-27-36-47-38-29-25-30-39-47)45-51(60)59-54-56(55(63)50(67-57(54)64)46-65-69(5,6)58(2,3)4)68-53(62)44-35-24-19-14-16-21-28-37-48-40-31-26-32-41-48/h25-26,29-32,38-41,49-50,54-57,63-64H,7-24,27-28,33-37,42-46H2,1-6H3,(H,59,60)/t49-,50-,54-,55-,56-,57?/m1/s1. The Kier molecular flexibility index (Phi) is 30.6. The third kappa shape index (κ3) is 26.3. The topological polar surface area (TPSA) is 141 Å². The molecule has 0 radical (unpaired) electrons. The first-order valence-corrected chi connectivity index (χ1v) is 30.5. The zero-order valence-electron chi connectivity index (χ0n) is 44.2. The van der Waals surface area contributed by atoms with E-state index in [1.165, 1.54) is 75.3 Å². The molecule has 1 saturated heterocycles. The van der Waals surface area contributed by atoms with E-state index in [0.717, 1.165) is 89.9 Å². The number of unbranched alkanes of at least 4 members (excludes halogenated alkanes) is 20. The highest BCUT2D eigenvalue weighted by Crippen LogP contribution is 2.37. The van der Waals surface area contributed by atoms with E-state index >= 15 is 0 Å². The van der Waals surface area contributed by atoms with E-state index in [2.05, 4.69) is 101 Å². The van der Waals surface area contributed by atoms with Crippen molar-refractivity contribution in [3.05, 3.63) is 71.8 Å². The van der Waals surface area contributed by atoms with Gasteiger partial charge in [-0.1, -0.05) is 204 Å². The zero-order valence-corrected chi connectivity index (χ0v) is 45.2. The summed E-state index contributed by atoms with van der Waals surface area (Å²) in [4.78, 5) is 40.5. The molecule has 2 aromatic rings. The lowest BCUT2D eigenvalue weighted by molar-refractivity contribution is -0.258. The van der Waals surface area contributed by atoms with Crippen LogP contribution in [0.3, 0.4) is 0 Å². The lowest BCUT2D eigenvalue weighted by Crippen LogP contribution is -2.65. The fraction of sp³-hybridized carbons (Fsp3) is 0.741. The summed E-state index contributed by atoms with van der Waals surface area (Å²) in [6.45, 7) is 12.8. The summed E-state index contributed by atoms with van der Waals surface area (Å²) in [5.41, 5.74) is 2.76. The molecule has 1 amide bonds. The number of nitrogens with one attached hydrogen (secondary N) is 1. The van der Waals surface area contributed by atoms with E-state index in [0.29, 0.717) is 19.3 Å². The molecule has 1 aliphatic rings. The molecule has 0 saturated carbocycles. The molecule has 1 fully saturated rings. The molecule has 11 heteroatoms. The molecule has 2 aromatic carbocycles. The summed E-state index contributed by atoms with van der Waals surface area (Å²) >= 11 is 0. The number of hydrogen-bond donors (Lipinski definition) is 3. The minimum atomic E-state index is -2.27. The van der Waals surface area contributed by atoms with Gasteiger partial charge in [-0.3, -0.25) is 14.4 Å². The predicted octanol–water partition coefficient (Wildman–Crippen LogP) is 13.4. The third-order valence-corrected chi connectivity index (χ3v) is 18.9. The van der Waals surface area contributed by atoms with Crippen molar-refractivity contribution in [3.8, 4) is 0 Å². The number of esters is 2. The third-order valence-electron chi connectivity index (χ3n) is 14.4. The highest BCUT2D eigenvalue weighted by atomic mass is 28.4. The maximum absolute atomic E-state index is 13.9. The van der Waals surface area contributed by atoms with E-state index < -0.39 is 56.9 Å². The average Bonchev–Trinajstić information content (AvgIpc) is 3.31. The highest BCUT2D eigenvalue weighted by molar-refractivity contribution is 6.74. The number of carbonyl (C=O) groups excluding carboxylic acids is 3. The van der Waals surface area contributed by atoms with Gasteiger partial charge in [0.25, 0.3) is 0 Å². The van der Waals surface area contributed by atoms with E-state index in [-0.39, 0.29) is 30.5 Å². The molecule has 0 aromatic heterocycles. The molecule has 1 aliphatic heterocycles. The van der Waals surface area contributed by atoms with Crippen LogP contribution in [0.2, 0.25) is 18.1 Å². The first-order valence-electron chi connectivity index (χ1n) is 27.6. The predicted molar refractivity (Wildman–Crippen MR) is 282 cm³/mol. The van der Waals surface area contributed by atoms with E-state index in [9.17, 15) is 24.6 Å². The van der Waals surface area contributed by atoms with Gasteiger partial charge in [-0.2, -0.15) is 0 Å². The first-order chi connectivity index (χ1) is 33.2. The summed E-state index contributed by atoms with van der Waals surface area (Å²) in [6.07, 6.45) is 22.2. The lowest BCUT2D eigenvalue weighted by Gasteiger charge is -2.44. The molecule has 0 aliphatic carbocycles. The summed E-state index contributed by atoms with van der Waals surface area (Å²) in [5.74, 6) is -1.28. The Morgan fingerprint density at radius 1 is 0.638 bits per heavy atom. The van der Waals surface area contributed by atoms with Crippen LogP contribution in [0.5, 0.6) is 0 Å². The Bertz CT molecular complexity index is 1640. The maximum atomic E-state index is 13.9. The summed E-state index contributed by atoms with van der Waals surface area (Å²) in [6, 6.07) is 19.9. The van der Waals surface area contributed by atoms with Crippen LogP contribution < -0.4 is 5.32 Å². The quantitative estimate of drug-likeness (QED) is 0.0341. The fourth-order valence-corrected chi connectivity index (χ4v) is 9.93. The molecular weight excluding hydrogens is 883 g/mol. The second-order valence-electron chi connectivity index (χ2n) is 21.5. The molecule has 3 rings (SSSR count). The van der Waals surface area contributed by atoms with Crippen molar-refractivity contribution in [1.82, 2.24) is 5.32 Å². The maximum Gasteiger partial charge on any atom is 0.306 e. The van der Waals surface area contributed by atoms with Crippen molar-refractivity contribution >= 4 is 26.2 Å². The van der Waals surface area contributed by atoms with Gasteiger partial charge in [-0.05, 0) is 80.6 Å². The van der Waals surface area contributed by atoms with Crippen LogP contribution in [0.15, 0.2) is 60.7 Å². The van der Waals surface area contributed by atoms with Gasteiger partial charge >= 0.3 is 11.9 Å². The second kappa shape index (κ2) is 35.1. The van der Waals surface area contributed by atoms with Gasteiger partial charge in [0.1, 0.15) is 24.4 Å². The van der Waals surface area contributed by atoms with Crippen LogP contribution in [0.25, 0.3) is 0 Å². The number of benzene rings is 2. The van der Waals surface area contributed by atoms with Gasteiger partial charge in [0.15, 0.2) is 20.7 Å². The van der Waals surface area contributed by atoms with Crippen LogP contribution in [0.4, 0.5) is 0 Å². The first kappa shape index (κ1) is 60.2. The molecule has 6 atom stereocenters. The van der Waals surface area contributed by atoms with Gasteiger partial charge in [0, 0.05) is 12.8 Å². The number of aryl methyl sites for hydroxylation is 2. The Labute approximate surface area is 420 Å². The minimum Gasteiger partial charge on any atom is -0.462 e. The zero-order chi connectivity index (χ0) is 50.2. The highest BCUT2D eigenvalue weighted by Gasteiger charge is 2.49.